The average Bonchev–Trinajstić information content (AvgIpc) is 3.07. The predicted octanol–water partition coefficient (Wildman–Crippen LogP) is 2.95. The Labute approximate surface area is 178 Å². The molecule has 7 nitrogen and oxygen atoms in total. The lowest BCUT2D eigenvalue weighted by Crippen LogP contribution is -2.38. The van der Waals surface area contributed by atoms with Gasteiger partial charge in [0, 0.05) is 25.8 Å². The average molecular weight is 428 g/mol. The minimum absolute atomic E-state index is 0.215. The number of hydrogen-bond donors (Lipinski definition) is 2. The van der Waals surface area contributed by atoms with Crippen molar-refractivity contribution in [1.82, 2.24) is 20.6 Å². The Morgan fingerprint density at radius 1 is 1.20 bits per heavy atom. The lowest BCUT2D eigenvalue weighted by Gasteiger charge is -2.32. The maximum Gasteiger partial charge on any atom is 0.290 e. The normalized spacial score (nSPS) is 18.8. The molecule has 2 N–H and O–H groups in total. The summed E-state index contributed by atoms with van der Waals surface area (Å²) in [5.74, 6) is 0.597. The molecule has 1 aromatic heterocycles. The fourth-order valence-electron chi connectivity index (χ4n) is 3.51. The topological polar surface area (TPSA) is 87.2 Å². The number of hydrogen-bond acceptors (Lipinski definition) is 7. The molecule has 2 fully saturated rings. The number of amides is 2. The molecule has 9 heteroatoms. The summed E-state index contributed by atoms with van der Waals surface area (Å²) in [6, 6.07) is 8.28. The van der Waals surface area contributed by atoms with Crippen LogP contribution >= 0.6 is 11.8 Å². The Morgan fingerprint density at radius 2 is 1.97 bits per heavy atom. The number of thioether (sulfide) groups is 1. The van der Waals surface area contributed by atoms with Crippen LogP contribution in [0.25, 0.3) is 6.08 Å². The van der Waals surface area contributed by atoms with Crippen molar-refractivity contribution in [3.8, 4) is 0 Å². The highest BCUT2D eigenvalue weighted by Crippen LogP contribution is 2.26. The molecule has 0 radical (unpaired) electrons. The molecule has 0 atom stereocenters. The highest BCUT2D eigenvalue weighted by Gasteiger charge is 2.25. The number of imide groups is 1. The van der Waals surface area contributed by atoms with E-state index in [-0.39, 0.29) is 17.0 Å². The molecular formula is C21H22FN5O2S. The lowest BCUT2D eigenvalue weighted by molar-refractivity contribution is -0.115. The van der Waals surface area contributed by atoms with E-state index < -0.39 is 0 Å². The zero-order valence-electron chi connectivity index (χ0n) is 16.3. The van der Waals surface area contributed by atoms with Crippen molar-refractivity contribution in [2.75, 3.05) is 24.5 Å². The number of piperidine rings is 1. The Hall–Kier alpha value is -2.78. The number of carbonyl (C=O) groups excluding carboxylic acids is 2. The van der Waals surface area contributed by atoms with Crippen LogP contribution in [-0.4, -0.2) is 40.7 Å². The van der Waals surface area contributed by atoms with E-state index in [2.05, 4.69) is 25.5 Å². The van der Waals surface area contributed by atoms with Crippen LogP contribution in [0.5, 0.6) is 0 Å². The highest BCUT2D eigenvalue weighted by molar-refractivity contribution is 8.18. The van der Waals surface area contributed by atoms with Crippen molar-refractivity contribution in [3.05, 3.63) is 58.5 Å². The van der Waals surface area contributed by atoms with E-state index >= 15 is 0 Å². The third-order valence-corrected chi connectivity index (χ3v) is 5.97. The van der Waals surface area contributed by atoms with Gasteiger partial charge in [-0.1, -0.05) is 12.1 Å². The maximum atomic E-state index is 13.0. The number of nitrogens with zero attached hydrogens (tertiary/aromatic N) is 3. The Bertz CT molecular complexity index is 958. The zero-order valence-corrected chi connectivity index (χ0v) is 17.1. The second-order valence-electron chi connectivity index (χ2n) is 7.32. The van der Waals surface area contributed by atoms with E-state index in [1.807, 2.05) is 0 Å². The van der Waals surface area contributed by atoms with Crippen LogP contribution in [0.15, 0.2) is 41.4 Å². The van der Waals surface area contributed by atoms with Gasteiger partial charge in [-0.3, -0.25) is 14.9 Å². The molecule has 3 heterocycles. The Morgan fingerprint density at radius 3 is 2.67 bits per heavy atom. The lowest BCUT2D eigenvalue weighted by atomic mass is 9.97. The summed E-state index contributed by atoms with van der Waals surface area (Å²) >= 11 is 0.879. The number of benzene rings is 1. The van der Waals surface area contributed by atoms with Crippen molar-refractivity contribution in [3.63, 3.8) is 0 Å². The maximum absolute atomic E-state index is 13.0. The van der Waals surface area contributed by atoms with Crippen LogP contribution in [0.2, 0.25) is 0 Å². The number of halogens is 1. The molecule has 156 valence electrons. The molecule has 2 aromatic rings. The molecule has 2 aliphatic rings. The van der Waals surface area contributed by atoms with E-state index in [0.717, 1.165) is 56.3 Å². The second kappa shape index (κ2) is 9.36. The molecule has 0 aliphatic carbocycles. The van der Waals surface area contributed by atoms with Gasteiger partial charge in [-0.15, -0.1) is 0 Å². The predicted molar refractivity (Wildman–Crippen MR) is 114 cm³/mol. The summed E-state index contributed by atoms with van der Waals surface area (Å²) in [6.07, 6.45) is 5.34. The van der Waals surface area contributed by atoms with E-state index in [1.165, 1.54) is 12.1 Å². The summed E-state index contributed by atoms with van der Waals surface area (Å²) in [7, 11) is 0. The van der Waals surface area contributed by atoms with Gasteiger partial charge in [0.15, 0.2) is 0 Å². The second-order valence-corrected chi connectivity index (χ2v) is 8.34. The summed E-state index contributed by atoms with van der Waals surface area (Å²) in [6.45, 7) is 3.36. The quantitative estimate of drug-likeness (QED) is 0.686. The third-order valence-electron chi connectivity index (χ3n) is 5.16. The van der Waals surface area contributed by atoms with E-state index in [9.17, 15) is 14.0 Å². The summed E-state index contributed by atoms with van der Waals surface area (Å²) < 4.78 is 13.0. The van der Waals surface area contributed by atoms with Gasteiger partial charge in [-0.2, -0.15) is 0 Å². The van der Waals surface area contributed by atoms with Gasteiger partial charge in [-0.25, -0.2) is 14.4 Å². The monoisotopic (exact) mass is 427 g/mol. The van der Waals surface area contributed by atoms with Crippen LogP contribution in [0.1, 0.15) is 24.1 Å². The molecule has 0 spiro atoms. The first-order chi connectivity index (χ1) is 14.6. The highest BCUT2D eigenvalue weighted by atomic mass is 32.2. The SMILES string of the molecule is O=C1NC(=O)C(=Cc2ccnc(N3CCC(CNCc4ccc(F)cc4)CC3)n2)S1. The van der Waals surface area contributed by atoms with E-state index in [1.54, 1.807) is 30.5 Å². The third kappa shape index (κ3) is 5.22. The smallest absolute Gasteiger partial charge is 0.290 e. The molecule has 2 amide bonds. The van der Waals surface area contributed by atoms with Gasteiger partial charge in [0.2, 0.25) is 5.95 Å². The Kier molecular flexibility index (Phi) is 6.39. The van der Waals surface area contributed by atoms with Gasteiger partial charge >= 0.3 is 0 Å². The van der Waals surface area contributed by atoms with Gasteiger partial charge in [-0.05, 0) is 66.9 Å². The molecule has 4 rings (SSSR count). The van der Waals surface area contributed by atoms with E-state index in [0.29, 0.717) is 22.5 Å². The molecule has 1 aromatic carbocycles. The first-order valence-electron chi connectivity index (χ1n) is 9.85. The van der Waals surface area contributed by atoms with Gasteiger partial charge in [0.25, 0.3) is 11.1 Å². The molecule has 2 aliphatic heterocycles. The van der Waals surface area contributed by atoms with Crippen molar-refractivity contribution < 1.29 is 14.0 Å². The number of aromatic nitrogens is 2. The van der Waals surface area contributed by atoms with Gasteiger partial charge < -0.3 is 10.2 Å². The fourth-order valence-corrected chi connectivity index (χ4v) is 4.18. The summed E-state index contributed by atoms with van der Waals surface area (Å²) in [5.41, 5.74) is 1.68. The van der Waals surface area contributed by atoms with Crippen molar-refractivity contribution >= 4 is 34.9 Å². The Balaban J connectivity index is 1.28. The van der Waals surface area contributed by atoms with Crippen LogP contribution in [0.3, 0.4) is 0 Å². The largest absolute Gasteiger partial charge is 0.341 e. The summed E-state index contributed by atoms with van der Waals surface area (Å²) in [4.78, 5) is 34.4. The molecule has 0 unspecified atom stereocenters. The molecule has 2 saturated heterocycles. The van der Waals surface area contributed by atoms with Crippen LogP contribution < -0.4 is 15.5 Å². The minimum Gasteiger partial charge on any atom is -0.341 e. The van der Waals surface area contributed by atoms with Gasteiger partial charge in [0.05, 0.1) is 10.6 Å². The number of carbonyl (C=O) groups is 2. The van der Waals surface area contributed by atoms with Crippen LogP contribution in [0, 0.1) is 11.7 Å². The molecule has 0 saturated carbocycles. The van der Waals surface area contributed by atoms with Crippen molar-refractivity contribution in [2.45, 2.75) is 19.4 Å². The standard InChI is InChI=1S/C21H22FN5O2S/c22-16-3-1-14(2-4-16)12-23-13-15-6-9-27(10-7-15)20-24-8-5-17(25-20)11-18-19(28)26-21(29)30-18/h1-5,8,11,15,23H,6-7,9-10,12-13H2,(H,26,28,29). The fraction of sp³-hybridized carbons (Fsp3) is 0.333. The van der Waals surface area contributed by atoms with Crippen molar-refractivity contribution in [2.24, 2.45) is 5.92 Å². The van der Waals surface area contributed by atoms with Crippen LogP contribution in [-0.2, 0) is 11.3 Å². The minimum atomic E-state index is -0.390. The molecule has 0 bridgehead atoms. The number of nitrogens with one attached hydrogen (secondary N) is 2. The summed E-state index contributed by atoms with van der Waals surface area (Å²) in [5, 5.41) is 5.33. The first kappa shape index (κ1) is 20.5. The number of rotatable bonds is 6. The molecule has 30 heavy (non-hydrogen) atoms. The number of anilines is 1. The zero-order chi connectivity index (χ0) is 20.9. The van der Waals surface area contributed by atoms with E-state index in [4.69, 9.17) is 0 Å². The first-order valence-corrected chi connectivity index (χ1v) is 10.7. The van der Waals surface area contributed by atoms with Crippen LogP contribution in [0.4, 0.5) is 15.1 Å². The van der Waals surface area contributed by atoms with Gasteiger partial charge in [0.1, 0.15) is 5.82 Å². The molecular weight excluding hydrogens is 405 g/mol. The van der Waals surface area contributed by atoms with Crippen molar-refractivity contribution in [1.29, 1.82) is 0 Å².